The van der Waals surface area contributed by atoms with E-state index in [-0.39, 0.29) is 0 Å². The zero-order valence-electron chi connectivity index (χ0n) is 10.6. The van der Waals surface area contributed by atoms with E-state index in [4.69, 9.17) is 0 Å². The summed E-state index contributed by atoms with van der Waals surface area (Å²) in [5.41, 5.74) is 2.76. The van der Waals surface area contributed by atoms with Crippen molar-refractivity contribution in [3.05, 3.63) is 46.8 Å². The van der Waals surface area contributed by atoms with Crippen LogP contribution >= 0.6 is 11.3 Å². The first-order valence-electron chi connectivity index (χ1n) is 5.95. The van der Waals surface area contributed by atoms with Crippen LogP contribution in [0, 0.1) is 6.92 Å². The van der Waals surface area contributed by atoms with Crippen LogP contribution in [0.15, 0.2) is 36.4 Å². The quantitative estimate of drug-likeness (QED) is 0.658. The van der Waals surface area contributed by atoms with Gasteiger partial charge in [0.1, 0.15) is 0 Å². The Labute approximate surface area is 103 Å². The van der Waals surface area contributed by atoms with Crippen LogP contribution in [0.2, 0.25) is 0 Å². The fraction of sp³-hybridized carbons (Fsp3) is 0.333. The monoisotopic (exact) mass is 232 g/mol. The highest BCUT2D eigenvalue weighted by atomic mass is 32.1. The number of aryl methyl sites for hydroxylation is 2. The molecule has 0 amide bonds. The van der Waals surface area contributed by atoms with Crippen molar-refractivity contribution in [2.24, 2.45) is 0 Å². The van der Waals surface area contributed by atoms with Gasteiger partial charge in [0.2, 0.25) is 0 Å². The van der Waals surface area contributed by atoms with Gasteiger partial charge in [0.15, 0.2) is 0 Å². The van der Waals surface area contributed by atoms with Gasteiger partial charge in [0.05, 0.1) is 0 Å². The Bertz CT molecular complexity index is 427. The Kier molecular flexibility index (Phi) is 5.27. The predicted molar refractivity (Wildman–Crippen MR) is 75.2 cm³/mol. The van der Waals surface area contributed by atoms with Crippen molar-refractivity contribution in [2.45, 2.75) is 34.1 Å². The molecule has 0 saturated carbocycles. The molecular weight excluding hydrogens is 212 g/mol. The lowest BCUT2D eigenvalue weighted by molar-refractivity contribution is 1.14. The number of rotatable bonds is 2. The second-order valence-corrected chi connectivity index (χ2v) is 4.75. The minimum atomic E-state index is 1.11. The zero-order valence-corrected chi connectivity index (χ0v) is 11.4. The minimum Gasteiger partial charge on any atom is -0.141 e. The van der Waals surface area contributed by atoms with E-state index in [1.807, 2.05) is 25.2 Å². The Balaban J connectivity index is 0.000000606. The Morgan fingerprint density at radius 1 is 1.06 bits per heavy atom. The van der Waals surface area contributed by atoms with Crippen LogP contribution < -0.4 is 0 Å². The van der Waals surface area contributed by atoms with Crippen LogP contribution in [-0.4, -0.2) is 0 Å². The third kappa shape index (κ3) is 3.21. The molecule has 0 N–H and O–H groups in total. The first-order chi connectivity index (χ1) is 7.79. The summed E-state index contributed by atoms with van der Waals surface area (Å²) in [5.74, 6) is 0. The van der Waals surface area contributed by atoms with E-state index in [1.54, 1.807) is 0 Å². The average Bonchev–Trinajstić information content (AvgIpc) is 2.79. The van der Waals surface area contributed by atoms with Gasteiger partial charge in [-0.25, -0.2) is 0 Å². The maximum Gasteiger partial charge on any atom is 0.0345 e. The van der Waals surface area contributed by atoms with Gasteiger partial charge < -0.3 is 0 Å². The van der Waals surface area contributed by atoms with Crippen molar-refractivity contribution in [1.29, 1.82) is 0 Å². The van der Waals surface area contributed by atoms with Gasteiger partial charge in [-0.2, -0.15) is 0 Å². The second-order valence-electron chi connectivity index (χ2n) is 3.46. The van der Waals surface area contributed by atoms with E-state index in [0.29, 0.717) is 0 Å². The van der Waals surface area contributed by atoms with Crippen molar-refractivity contribution in [3.8, 4) is 10.4 Å². The fourth-order valence-electron chi connectivity index (χ4n) is 1.53. The molecule has 1 aromatic carbocycles. The van der Waals surface area contributed by atoms with Gasteiger partial charge >= 0.3 is 0 Å². The minimum absolute atomic E-state index is 1.11. The highest BCUT2D eigenvalue weighted by Crippen LogP contribution is 2.28. The maximum absolute atomic E-state index is 2.28. The van der Waals surface area contributed by atoms with E-state index in [9.17, 15) is 0 Å². The number of benzene rings is 1. The molecule has 0 nitrogen and oxygen atoms in total. The third-order valence-corrected chi connectivity index (χ3v) is 3.41. The lowest BCUT2D eigenvalue weighted by atomic mass is 10.1. The molecule has 0 saturated heterocycles. The van der Waals surface area contributed by atoms with Crippen molar-refractivity contribution in [1.82, 2.24) is 0 Å². The van der Waals surface area contributed by atoms with E-state index < -0.39 is 0 Å². The first kappa shape index (κ1) is 13.0. The Hall–Kier alpha value is -1.08. The first-order valence-corrected chi connectivity index (χ1v) is 6.77. The van der Waals surface area contributed by atoms with Crippen LogP contribution in [0.5, 0.6) is 0 Å². The summed E-state index contributed by atoms with van der Waals surface area (Å²) in [6.45, 7) is 8.34. The third-order valence-electron chi connectivity index (χ3n) is 2.36. The lowest BCUT2D eigenvalue weighted by Gasteiger charge is -2.00. The van der Waals surface area contributed by atoms with Crippen LogP contribution in [0.25, 0.3) is 10.4 Å². The van der Waals surface area contributed by atoms with Gasteiger partial charge in [-0.15, -0.1) is 11.3 Å². The van der Waals surface area contributed by atoms with Gasteiger partial charge in [-0.1, -0.05) is 45.0 Å². The summed E-state index contributed by atoms with van der Waals surface area (Å²) in [6.07, 6.45) is 1.11. The molecule has 16 heavy (non-hydrogen) atoms. The SMILES string of the molecule is CC.CCc1cccc(-c2ccc(C)s2)c1. The molecule has 0 aliphatic heterocycles. The molecule has 0 radical (unpaired) electrons. The highest BCUT2D eigenvalue weighted by molar-refractivity contribution is 7.15. The van der Waals surface area contributed by atoms with Crippen molar-refractivity contribution in [3.63, 3.8) is 0 Å². The standard InChI is InChI=1S/C13H14S.C2H6/c1-3-11-5-4-6-12(9-11)13-8-7-10(2)14-13;1-2/h4-9H,3H2,1-2H3;1-2H3. The molecule has 1 aromatic heterocycles. The smallest absolute Gasteiger partial charge is 0.0345 e. The topological polar surface area (TPSA) is 0 Å². The van der Waals surface area contributed by atoms with Gasteiger partial charge in [-0.3, -0.25) is 0 Å². The van der Waals surface area contributed by atoms with Gasteiger partial charge in [0, 0.05) is 9.75 Å². The van der Waals surface area contributed by atoms with Crippen molar-refractivity contribution in [2.75, 3.05) is 0 Å². The molecule has 0 aliphatic rings. The zero-order chi connectivity index (χ0) is 12.0. The summed E-state index contributed by atoms with van der Waals surface area (Å²) >= 11 is 1.86. The van der Waals surface area contributed by atoms with E-state index in [1.165, 1.54) is 20.9 Å². The molecule has 0 atom stereocenters. The maximum atomic E-state index is 2.28. The molecule has 0 unspecified atom stereocenters. The summed E-state index contributed by atoms with van der Waals surface area (Å²) in [5, 5.41) is 0. The lowest BCUT2D eigenvalue weighted by Crippen LogP contribution is -1.79. The molecule has 2 aromatic rings. The normalized spacial score (nSPS) is 9.50. The second kappa shape index (κ2) is 6.49. The van der Waals surface area contributed by atoms with Crippen LogP contribution in [0.4, 0.5) is 0 Å². The summed E-state index contributed by atoms with van der Waals surface area (Å²) in [4.78, 5) is 2.75. The van der Waals surface area contributed by atoms with E-state index >= 15 is 0 Å². The number of thiophene rings is 1. The molecule has 2 rings (SSSR count). The van der Waals surface area contributed by atoms with E-state index in [2.05, 4.69) is 50.2 Å². The molecule has 0 spiro atoms. The fourth-order valence-corrected chi connectivity index (χ4v) is 2.40. The van der Waals surface area contributed by atoms with Crippen LogP contribution in [0.3, 0.4) is 0 Å². The number of hydrogen-bond donors (Lipinski definition) is 0. The summed E-state index contributed by atoms with van der Waals surface area (Å²) < 4.78 is 0. The van der Waals surface area contributed by atoms with Crippen molar-refractivity contribution < 1.29 is 0 Å². The molecule has 1 heteroatoms. The van der Waals surface area contributed by atoms with Gasteiger partial charge in [-0.05, 0) is 36.6 Å². The molecule has 1 heterocycles. The molecule has 86 valence electrons. The average molecular weight is 232 g/mol. The van der Waals surface area contributed by atoms with Crippen molar-refractivity contribution >= 4 is 11.3 Å². The van der Waals surface area contributed by atoms with Crippen LogP contribution in [-0.2, 0) is 6.42 Å². The molecule has 0 bridgehead atoms. The largest absolute Gasteiger partial charge is 0.141 e. The summed E-state index contributed by atoms with van der Waals surface area (Å²) in [6, 6.07) is 13.2. The van der Waals surface area contributed by atoms with Gasteiger partial charge in [0.25, 0.3) is 0 Å². The summed E-state index contributed by atoms with van der Waals surface area (Å²) in [7, 11) is 0. The predicted octanol–water partition coefficient (Wildman–Crippen LogP) is 5.31. The Morgan fingerprint density at radius 3 is 2.38 bits per heavy atom. The highest BCUT2D eigenvalue weighted by Gasteiger charge is 2.00. The molecule has 0 aliphatic carbocycles. The van der Waals surface area contributed by atoms with Crippen LogP contribution in [0.1, 0.15) is 31.2 Å². The Morgan fingerprint density at radius 2 is 1.81 bits per heavy atom. The molecular formula is C15H20S. The molecule has 0 fully saturated rings. The van der Waals surface area contributed by atoms with E-state index in [0.717, 1.165) is 6.42 Å². The number of hydrogen-bond acceptors (Lipinski definition) is 1.